The number of amides is 4. The number of alkyl carbamates (subject to hydrolysis) is 2. The molecule has 7 heterocycles. The van der Waals surface area contributed by atoms with Gasteiger partial charge in [0.25, 0.3) is 0 Å². The van der Waals surface area contributed by atoms with Crippen LogP contribution in [0.5, 0.6) is 11.5 Å². The molecule has 3 aromatic carbocycles. The number of benzene rings is 3. The normalized spacial score (nSPS) is 20.4. The maximum absolute atomic E-state index is 17.1. The van der Waals surface area contributed by atoms with Gasteiger partial charge in [-0.1, -0.05) is 45.9 Å². The van der Waals surface area contributed by atoms with Gasteiger partial charge in [0.05, 0.1) is 73.5 Å². The third kappa shape index (κ3) is 8.17. The molecule has 0 bridgehead atoms. The number of nitrogens with zero attached hydrogens (tertiary/aromatic N) is 5. The van der Waals surface area contributed by atoms with E-state index in [1.54, 1.807) is 22.2 Å². The van der Waals surface area contributed by atoms with Crippen molar-refractivity contribution in [2.75, 3.05) is 33.9 Å². The van der Waals surface area contributed by atoms with Crippen LogP contribution in [0.15, 0.2) is 67.0 Å². The maximum Gasteiger partial charge on any atom is 0.407 e. The van der Waals surface area contributed by atoms with Crippen LogP contribution in [0.3, 0.4) is 0 Å². The average molecular weight is 982 g/mol. The van der Waals surface area contributed by atoms with Crippen LogP contribution < -0.4 is 20.1 Å². The van der Waals surface area contributed by atoms with E-state index in [0.717, 1.165) is 65.6 Å². The molecule has 5 aliphatic rings. The van der Waals surface area contributed by atoms with Gasteiger partial charge in [-0.25, -0.2) is 23.9 Å². The second kappa shape index (κ2) is 18.3. The van der Waals surface area contributed by atoms with Crippen LogP contribution in [0.1, 0.15) is 114 Å². The maximum atomic E-state index is 17.1. The minimum Gasteiger partial charge on any atom is -0.493 e. The number of aromatic amines is 2. The monoisotopic (exact) mass is 981 g/mol. The molecule has 4 N–H and O–H groups in total. The number of ether oxygens (including phenoxy) is 4. The fourth-order valence-electron chi connectivity index (χ4n) is 11.4. The Morgan fingerprint density at radius 1 is 0.750 bits per heavy atom. The fourth-order valence-corrected chi connectivity index (χ4v) is 11.4. The Morgan fingerprint density at radius 3 is 1.94 bits per heavy atom. The van der Waals surface area contributed by atoms with E-state index in [1.165, 1.54) is 25.8 Å². The molecule has 0 radical (unpaired) electrons. The number of hydrogen-bond donors (Lipinski definition) is 4. The molecule has 6 aromatic rings. The van der Waals surface area contributed by atoms with Crippen molar-refractivity contribution in [2.24, 2.45) is 11.8 Å². The number of imidazole rings is 2. The van der Waals surface area contributed by atoms with E-state index in [1.807, 2.05) is 52.0 Å². The Hall–Kier alpha value is -7.37. The molecule has 3 aromatic heterocycles. The molecule has 376 valence electrons. The summed E-state index contributed by atoms with van der Waals surface area (Å²) in [5.74, 6) is 1.22. The second-order valence-corrected chi connectivity index (χ2v) is 20.6. The highest BCUT2D eigenvalue weighted by atomic mass is 19.1. The number of hydrogen-bond acceptors (Lipinski definition) is 10. The van der Waals surface area contributed by atoms with E-state index in [0.29, 0.717) is 72.5 Å². The first-order valence-electron chi connectivity index (χ1n) is 25.1. The van der Waals surface area contributed by atoms with E-state index in [-0.39, 0.29) is 41.1 Å². The van der Waals surface area contributed by atoms with Crippen LogP contribution in [0.4, 0.5) is 14.0 Å². The summed E-state index contributed by atoms with van der Waals surface area (Å²) in [6, 6.07) is 15.6. The average Bonchev–Trinajstić information content (AvgIpc) is 4.07. The zero-order valence-corrected chi connectivity index (χ0v) is 41.3. The van der Waals surface area contributed by atoms with Gasteiger partial charge in [-0.2, -0.15) is 0 Å². The fraction of sp³-hybridized carbons (Fsp3) is 0.444. The van der Waals surface area contributed by atoms with Crippen LogP contribution in [-0.2, 0) is 24.5 Å². The summed E-state index contributed by atoms with van der Waals surface area (Å²) in [7, 11) is 2.55. The predicted octanol–water partition coefficient (Wildman–Crippen LogP) is 9.07. The van der Waals surface area contributed by atoms with Crippen molar-refractivity contribution in [3.63, 3.8) is 0 Å². The molecule has 72 heavy (non-hydrogen) atoms. The number of fused-ring (bicyclic) bond motifs is 7. The summed E-state index contributed by atoms with van der Waals surface area (Å²) in [4.78, 5) is 72.0. The van der Waals surface area contributed by atoms with Crippen molar-refractivity contribution >= 4 is 34.9 Å². The topological polar surface area (TPSA) is 198 Å². The molecular weight excluding hydrogens is 922 g/mol. The van der Waals surface area contributed by atoms with Crippen molar-refractivity contribution in [3.8, 4) is 45.3 Å². The molecule has 17 nitrogen and oxygen atoms in total. The minimum absolute atomic E-state index is 0.158. The molecule has 18 heteroatoms. The van der Waals surface area contributed by atoms with E-state index in [4.69, 9.17) is 28.9 Å². The highest BCUT2D eigenvalue weighted by Gasteiger charge is 2.48. The van der Waals surface area contributed by atoms with Crippen molar-refractivity contribution < 1.29 is 42.5 Å². The highest BCUT2D eigenvalue weighted by molar-refractivity contribution is 5.93. The molecule has 1 saturated carbocycles. The van der Waals surface area contributed by atoms with Crippen molar-refractivity contribution in [1.29, 1.82) is 0 Å². The Labute approximate surface area is 416 Å². The van der Waals surface area contributed by atoms with Gasteiger partial charge in [-0.05, 0) is 93.2 Å². The number of methoxy groups -OCH3 is 2. The Morgan fingerprint density at radius 2 is 1.36 bits per heavy atom. The predicted molar refractivity (Wildman–Crippen MR) is 264 cm³/mol. The standard InChI is InChI=1S/C54H60FN9O8/c1-28(2)45(60-52(67)69-5)49(65)62-18-7-9-39(62)47-56-26-36(58-47)30-12-14-38-33(21-30)23-41-44-35(55)22-32(25-43(44)72-51(64(38)41)31-11-13-34-42(24-31)71-20-17-54(34)15-16-54)37-27-57-48(59-37)40-10-8-19-63(40)50(66)46(29(3)4)61-53(68)70-6/h11-14,21-29,39-40,45-46,51H,7-10,15-20H2,1-6H3,(H,56,58)(H,57,59)(H,60,67)(H,61,68)/t39-,40-,45?,46?,51?/m0/s1. The van der Waals surface area contributed by atoms with Gasteiger partial charge >= 0.3 is 12.2 Å². The van der Waals surface area contributed by atoms with E-state index >= 15 is 4.39 Å². The van der Waals surface area contributed by atoms with Crippen LogP contribution in [0.2, 0.25) is 0 Å². The van der Waals surface area contributed by atoms with E-state index in [2.05, 4.69) is 49.4 Å². The van der Waals surface area contributed by atoms with Crippen LogP contribution in [-0.4, -0.2) is 104 Å². The third-order valence-corrected chi connectivity index (χ3v) is 15.5. The van der Waals surface area contributed by atoms with Gasteiger partial charge in [0.2, 0.25) is 18.0 Å². The first kappa shape index (κ1) is 47.0. The molecule has 4 amide bonds. The Kier molecular flexibility index (Phi) is 12.0. The number of aromatic nitrogens is 5. The van der Waals surface area contributed by atoms with Gasteiger partial charge in [0.1, 0.15) is 41.0 Å². The molecule has 1 spiro atoms. The molecule has 4 aliphatic heterocycles. The first-order chi connectivity index (χ1) is 34.7. The van der Waals surface area contributed by atoms with Crippen LogP contribution >= 0.6 is 0 Å². The molecule has 2 saturated heterocycles. The largest absolute Gasteiger partial charge is 0.493 e. The summed E-state index contributed by atoms with van der Waals surface area (Å²) < 4.78 is 42.0. The quantitative estimate of drug-likeness (QED) is 0.0972. The Balaban J connectivity index is 0.932. The van der Waals surface area contributed by atoms with Gasteiger partial charge in [-0.3, -0.25) is 9.59 Å². The number of rotatable bonds is 11. The molecular formula is C54H60FN9O8. The number of H-pyrrole nitrogens is 2. The minimum atomic E-state index is -0.779. The number of likely N-dealkylation sites (tertiary alicyclic amines) is 2. The van der Waals surface area contributed by atoms with Gasteiger partial charge in [0, 0.05) is 46.1 Å². The third-order valence-electron chi connectivity index (χ3n) is 15.5. The molecule has 11 rings (SSSR count). The van der Waals surface area contributed by atoms with E-state index in [9.17, 15) is 19.2 Å². The lowest BCUT2D eigenvalue weighted by atomic mass is 9.89. The SMILES string of the molecule is COC(=O)NC(C(=O)N1CCC[C@H]1c1ncc(-c2cc(F)c3c(c2)OC(c2ccc4c(c2)OCCC42CC2)n2c-3cc3cc(-c4cnc([C@@H]5CCCN5C(=O)C(NC(=O)OC)C(C)C)[nH]4)ccc32)[nH]1)C(C)C. The molecule has 5 atom stereocenters. The first-order valence-corrected chi connectivity index (χ1v) is 25.1. The number of nitrogens with one attached hydrogen (secondary N) is 4. The van der Waals surface area contributed by atoms with E-state index < -0.39 is 36.3 Å². The number of carbonyl (C=O) groups excluding carboxylic acids is 4. The van der Waals surface area contributed by atoms with Crippen molar-refractivity contribution in [2.45, 2.75) is 108 Å². The van der Waals surface area contributed by atoms with Gasteiger partial charge < -0.3 is 53.9 Å². The van der Waals surface area contributed by atoms with Crippen LogP contribution in [0, 0.1) is 17.7 Å². The number of halogens is 1. The second-order valence-electron chi connectivity index (χ2n) is 20.6. The zero-order chi connectivity index (χ0) is 50.2. The summed E-state index contributed by atoms with van der Waals surface area (Å²) in [5, 5.41) is 6.26. The van der Waals surface area contributed by atoms with Crippen molar-refractivity contribution in [3.05, 3.63) is 95.6 Å². The van der Waals surface area contributed by atoms with Gasteiger partial charge in [-0.15, -0.1) is 0 Å². The molecule has 3 fully saturated rings. The summed E-state index contributed by atoms with van der Waals surface area (Å²) >= 11 is 0. The smallest absolute Gasteiger partial charge is 0.407 e. The summed E-state index contributed by atoms with van der Waals surface area (Å²) in [6.45, 7) is 9.21. The highest BCUT2D eigenvalue weighted by Crippen LogP contribution is 2.57. The molecule has 1 aliphatic carbocycles. The lowest BCUT2D eigenvalue weighted by Gasteiger charge is -2.32. The van der Waals surface area contributed by atoms with Crippen LogP contribution in [0.25, 0.3) is 44.7 Å². The summed E-state index contributed by atoms with van der Waals surface area (Å²) in [6.07, 6.45) is 7.63. The lowest BCUT2D eigenvalue weighted by Crippen LogP contribution is -2.51. The molecule has 3 unspecified atom stereocenters. The lowest BCUT2D eigenvalue weighted by molar-refractivity contribution is -0.136. The Bertz CT molecular complexity index is 3120. The van der Waals surface area contributed by atoms with Gasteiger partial charge in [0.15, 0.2) is 0 Å². The zero-order valence-electron chi connectivity index (χ0n) is 41.3. The summed E-state index contributed by atoms with van der Waals surface area (Å²) in [5.41, 5.74) is 6.76. The number of carbonyl (C=O) groups is 4. The van der Waals surface area contributed by atoms with Crippen molar-refractivity contribution in [1.82, 2.24) is 44.9 Å².